The average molecular weight is 560 g/mol. The van der Waals surface area contributed by atoms with Crippen LogP contribution >= 0.6 is 0 Å². The van der Waals surface area contributed by atoms with Gasteiger partial charge in [-0.25, -0.2) is 14.8 Å². The van der Waals surface area contributed by atoms with Crippen molar-refractivity contribution in [2.24, 2.45) is 0 Å². The molecule has 1 aliphatic rings. The number of carbonyl (C=O) groups is 1. The van der Waals surface area contributed by atoms with Gasteiger partial charge in [0.05, 0.1) is 48.9 Å². The number of hydrogen-bond acceptors (Lipinski definition) is 8. The van der Waals surface area contributed by atoms with Gasteiger partial charge in [0.2, 0.25) is 5.65 Å². The van der Waals surface area contributed by atoms with Crippen LogP contribution in [0, 0.1) is 0 Å². The standard InChI is InChI=1S/C27H28F3N5O5/c1-2-17-14-19(6-7-20(17)26(37)39-13-12-38-11-10-36)40-25-24-32-15-22(34(24)9-8-31-25)21-16-35(18-4-3-5-18)33-23(21)27(28,29)30/h6-9,14-16,18,36H,2-5,10-13H2,1H3. The van der Waals surface area contributed by atoms with Crippen molar-refractivity contribution < 1.29 is 37.3 Å². The molecule has 4 aromatic rings. The van der Waals surface area contributed by atoms with E-state index in [0.29, 0.717) is 23.3 Å². The maximum Gasteiger partial charge on any atom is 0.435 e. The molecule has 40 heavy (non-hydrogen) atoms. The van der Waals surface area contributed by atoms with Gasteiger partial charge in [0.1, 0.15) is 12.4 Å². The van der Waals surface area contributed by atoms with Gasteiger partial charge < -0.3 is 19.3 Å². The first-order chi connectivity index (χ1) is 19.3. The number of hydrogen-bond donors (Lipinski definition) is 1. The topological polar surface area (TPSA) is 113 Å². The number of rotatable bonds is 11. The summed E-state index contributed by atoms with van der Waals surface area (Å²) in [5.74, 6) is -0.0530. The highest BCUT2D eigenvalue weighted by atomic mass is 19.4. The van der Waals surface area contributed by atoms with Crippen LogP contribution in [-0.2, 0) is 22.1 Å². The van der Waals surface area contributed by atoms with Gasteiger partial charge in [-0.15, -0.1) is 0 Å². The van der Waals surface area contributed by atoms with E-state index < -0.39 is 17.8 Å². The lowest BCUT2D eigenvalue weighted by Crippen LogP contribution is -2.18. The number of aryl methyl sites for hydroxylation is 1. The molecule has 0 saturated heterocycles. The minimum absolute atomic E-state index is 0.0396. The molecule has 1 aromatic carbocycles. The number of benzene rings is 1. The summed E-state index contributed by atoms with van der Waals surface area (Å²) in [5.41, 5.74) is 0.460. The summed E-state index contributed by atoms with van der Waals surface area (Å²) < 4.78 is 60.9. The Kier molecular flexibility index (Phi) is 8.03. The zero-order valence-electron chi connectivity index (χ0n) is 21.7. The summed E-state index contributed by atoms with van der Waals surface area (Å²) in [7, 11) is 0. The van der Waals surface area contributed by atoms with Crippen molar-refractivity contribution in [3.63, 3.8) is 0 Å². The number of alkyl halides is 3. The third kappa shape index (κ3) is 5.65. The molecule has 10 nitrogen and oxygen atoms in total. The SMILES string of the molecule is CCc1cc(Oc2nccn3c(-c4cn(C5CCC5)nc4C(F)(F)F)cnc23)ccc1C(=O)OCCOCCO. The van der Waals surface area contributed by atoms with Crippen LogP contribution in [-0.4, -0.2) is 61.7 Å². The average Bonchev–Trinajstić information content (AvgIpc) is 3.52. The van der Waals surface area contributed by atoms with Gasteiger partial charge >= 0.3 is 12.1 Å². The molecule has 0 spiro atoms. The predicted octanol–water partition coefficient (Wildman–Crippen LogP) is 4.86. The van der Waals surface area contributed by atoms with Crippen LogP contribution in [0.3, 0.4) is 0 Å². The van der Waals surface area contributed by atoms with Crippen LogP contribution < -0.4 is 4.74 Å². The molecular formula is C27H28F3N5O5. The summed E-state index contributed by atoms with van der Waals surface area (Å²) in [6.07, 6.45) is 4.15. The Bertz CT molecular complexity index is 1500. The summed E-state index contributed by atoms with van der Waals surface area (Å²) >= 11 is 0. The minimum atomic E-state index is -4.63. The van der Waals surface area contributed by atoms with E-state index in [9.17, 15) is 18.0 Å². The number of halogens is 3. The maximum absolute atomic E-state index is 13.9. The molecule has 1 N–H and O–H groups in total. The molecule has 0 atom stereocenters. The summed E-state index contributed by atoms with van der Waals surface area (Å²) in [6, 6.07) is 4.80. The molecular weight excluding hydrogens is 531 g/mol. The Balaban J connectivity index is 1.40. The van der Waals surface area contributed by atoms with E-state index in [-0.39, 0.29) is 55.3 Å². The summed E-state index contributed by atoms with van der Waals surface area (Å²) in [4.78, 5) is 21.1. The van der Waals surface area contributed by atoms with E-state index in [1.165, 1.54) is 33.9 Å². The molecule has 1 fully saturated rings. The highest BCUT2D eigenvalue weighted by molar-refractivity contribution is 5.91. The molecule has 0 unspecified atom stereocenters. The Morgan fingerprint density at radius 3 is 2.70 bits per heavy atom. The fraction of sp³-hybridized carbons (Fsp3) is 0.407. The maximum atomic E-state index is 13.9. The molecule has 1 aliphatic carbocycles. The fourth-order valence-electron chi connectivity index (χ4n) is 4.47. The van der Waals surface area contributed by atoms with Crippen molar-refractivity contribution in [1.82, 2.24) is 24.1 Å². The smallest absolute Gasteiger partial charge is 0.435 e. The van der Waals surface area contributed by atoms with Gasteiger partial charge in [-0.2, -0.15) is 18.3 Å². The number of fused-ring (bicyclic) bond motifs is 1. The molecule has 212 valence electrons. The van der Waals surface area contributed by atoms with Crippen molar-refractivity contribution in [2.45, 2.75) is 44.8 Å². The Morgan fingerprint density at radius 2 is 2.00 bits per heavy atom. The number of aliphatic hydroxyl groups excluding tert-OH is 1. The molecule has 13 heteroatoms. The van der Waals surface area contributed by atoms with Crippen molar-refractivity contribution >= 4 is 11.6 Å². The van der Waals surface area contributed by atoms with Crippen LogP contribution in [0.5, 0.6) is 11.6 Å². The number of ether oxygens (including phenoxy) is 3. The van der Waals surface area contributed by atoms with Gasteiger partial charge in [-0.1, -0.05) is 6.92 Å². The summed E-state index contributed by atoms with van der Waals surface area (Å²) in [6.45, 7) is 2.14. The van der Waals surface area contributed by atoms with Crippen LogP contribution in [0.15, 0.2) is 43.0 Å². The van der Waals surface area contributed by atoms with E-state index in [4.69, 9.17) is 19.3 Å². The molecule has 5 rings (SSSR count). The van der Waals surface area contributed by atoms with E-state index in [0.717, 1.165) is 19.3 Å². The number of nitrogens with zero attached hydrogens (tertiary/aromatic N) is 5. The molecule has 0 radical (unpaired) electrons. The van der Waals surface area contributed by atoms with E-state index in [1.807, 2.05) is 6.92 Å². The highest BCUT2D eigenvalue weighted by Crippen LogP contribution is 2.40. The van der Waals surface area contributed by atoms with Crippen molar-refractivity contribution in [3.8, 4) is 22.9 Å². The third-order valence-corrected chi connectivity index (χ3v) is 6.71. The van der Waals surface area contributed by atoms with Gasteiger partial charge in [-0.3, -0.25) is 9.08 Å². The van der Waals surface area contributed by atoms with Crippen LogP contribution in [0.25, 0.3) is 16.9 Å². The van der Waals surface area contributed by atoms with Gasteiger partial charge in [0.25, 0.3) is 5.88 Å². The van der Waals surface area contributed by atoms with Gasteiger partial charge in [0, 0.05) is 18.6 Å². The molecule has 0 aliphatic heterocycles. The second-order valence-corrected chi connectivity index (χ2v) is 9.27. The molecule has 0 amide bonds. The van der Waals surface area contributed by atoms with Crippen molar-refractivity contribution in [1.29, 1.82) is 0 Å². The van der Waals surface area contributed by atoms with Gasteiger partial charge in [-0.05, 0) is 49.4 Å². The van der Waals surface area contributed by atoms with Crippen LogP contribution in [0.4, 0.5) is 13.2 Å². The van der Waals surface area contributed by atoms with Crippen LogP contribution in [0.1, 0.15) is 53.8 Å². The number of aliphatic hydroxyl groups is 1. The Hall–Kier alpha value is -3.97. The van der Waals surface area contributed by atoms with E-state index >= 15 is 0 Å². The Morgan fingerprint density at radius 1 is 1.18 bits per heavy atom. The zero-order chi connectivity index (χ0) is 28.3. The second-order valence-electron chi connectivity index (χ2n) is 9.27. The normalized spacial score (nSPS) is 13.9. The largest absolute Gasteiger partial charge is 0.460 e. The summed E-state index contributed by atoms with van der Waals surface area (Å²) in [5, 5.41) is 12.6. The van der Waals surface area contributed by atoms with Gasteiger partial charge in [0.15, 0.2) is 5.69 Å². The first-order valence-corrected chi connectivity index (χ1v) is 13.0. The quantitative estimate of drug-likeness (QED) is 0.205. The first-order valence-electron chi connectivity index (χ1n) is 13.0. The van der Waals surface area contributed by atoms with Crippen molar-refractivity contribution in [2.75, 3.05) is 26.4 Å². The molecule has 0 bridgehead atoms. The van der Waals surface area contributed by atoms with Crippen LogP contribution in [0.2, 0.25) is 0 Å². The number of imidazole rings is 1. The lowest BCUT2D eigenvalue weighted by molar-refractivity contribution is -0.141. The number of esters is 1. The van der Waals surface area contributed by atoms with E-state index in [1.54, 1.807) is 18.2 Å². The zero-order valence-corrected chi connectivity index (χ0v) is 21.7. The fourth-order valence-corrected chi connectivity index (χ4v) is 4.47. The molecule has 1 saturated carbocycles. The first kappa shape index (κ1) is 27.6. The minimum Gasteiger partial charge on any atom is -0.460 e. The van der Waals surface area contributed by atoms with E-state index in [2.05, 4.69) is 15.1 Å². The highest BCUT2D eigenvalue weighted by Gasteiger charge is 2.39. The number of carbonyl (C=O) groups excluding carboxylic acids is 1. The lowest BCUT2D eigenvalue weighted by Gasteiger charge is -2.25. The number of aromatic nitrogens is 5. The monoisotopic (exact) mass is 559 g/mol. The molecule has 3 aromatic heterocycles. The molecule has 3 heterocycles. The van der Waals surface area contributed by atoms with Crippen molar-refractivity contribution in [3.05, 3.63) is 59.8 Å². The third-order valence-electron chi connectivity index (χ3n) is 6.71. The Labute approximate surface area is 227 Å². The lowest BCUT2D eigenvalue weighted by atomic mass is 9.93. The second kappa shape index (κ2) is 11.6. The predicted molar refractivity (Wildman–Crippen MR) is 136 cm³/mol.